The second-order valence-electron chi connectivity index (χ2n) is 10.4. The van der Waals surface area contributed by atoms with Gasteiger partial charge in [0, 0.05) is 4.75 Å². The van der Waals surface area contributed by atoms with E-state index in [4.69, 9.17) is 14.2 Å². The first-order chi connectivity index (χ1) is 18.0. The van der Waals surface area contributed by atoms with Gasteiger partial charge in [0.2, 0.25) is 5.91 Å². The molecule has 0 aromatic heterocycles. The Morgan fingerprint density at radius 2 is 1.47 bits per heavy atom. The molecule has 2 aromatic carbocycles. The van der Waals surface area contributed by atoms with Crippen LogP contribution in [0.5, 0.6) is 0 Å². The van der Waals surface area contributed by atoms with Crippen molar-refractivity contribution < 1.29 is 33.4 Å². The number of fused-ring (bicyclic) bond motifs is 1. The van der Waals surface area contributed by atoms with E-state index in [0.717, 1.165) is 11.1 Å². The minimum absolute atomic E-state index is 0.0633. The summed E-state index contributed by atoms with van der Waals surface area (Å²) in [6.07, 6.45) is -0.758. The second-order valence-corrected chi connectivity index (χ2v) is 12.1. The largest absolute Gasteiger partial charge is 0.463 e. The van der Waals surface area contributed by atoms with Crippen molar-refractivity contribution in [2.45, 2.75) is 62.6 Å². The molecule has 0 unspecified atom stereocenters. The Kier molecular flexibility index (Phi) is 8.01. The van der Waals surface area contributed by atoms with E-state index in [1.807, 2.05) is 74.5 Å². The summed E-state index contributed by atoms with van der Waals surface area (Å²) in [5.74, 6) is -2.01. The Bertz CT molecular complexity index is 1190. The zero-order valence-corrected chi connectivity index (χ0v) is 22.7. The molecule has 2 aliphatic heterocycles. The number of rotatable bonds is 9. The summed E-state index contributed by atoms with van der Waals surface area (Å²) < 4.78 is 15.6. The smallest absolute Gasteiger partial charge is 0.408 e. The molecule has 4 rings (SSSR count). The monoisotopic (exact) mass is 540 g/mol. The lowest BCUT2D eigenvalue weighted by molar-refractivity contribution is -0.172. The predicted octanol–water partition coefficient (Wildman–Crippen LogP) is 3.66. The third-order valence-corrected chi connectivity index (χ3v) is 8.16. The van der Waals surface area contributed by atoms with Gasteiger partial charge in [0.25, 0.3) is 0 Å². The van der Waals surface area contributed by atoms with Gasteiger partial charge in [-0.2, -0.15) is 0 Å². The van der Waals surface area contributed by atoms with Crippen LogP contribution in [0, 0.1) is 5.92 Å². The number of nitrogens with one attached hydrogen (secondary N) is 1. The molecule has 3 atom stereocenters. The molecule has 0 bridgehead atoms. The van der Waals surface area contributed by atoms with Crippen molar-refractivity contribution in [1.82, 2.24) is 10.2 Å². The van der Waals surface area contributed by atoms with Gasteiger partial charge < -0.3 is 24.4 Å². The quantitative estimate of drug-likeness (QED) is 0.292. The molecule has 10 heteroatoms. The van der Waals surface area contributed by atoms with Gasteiger partial charge in [0.05, 0.1) is 5.37 Å². The lowest BCUT2D eigenvalue weighted by atomic mass is 9.92. The molecule has 202 valence electrons. The highest BCUT2D eigenvalue weighted by atomic mass is 32.2. The van der Waals surface area contributed by atoms with Gasteiger partial charge in [-0.3, -0.25) is 4.79 Å². The summed E-state index contributed by atoms with van der Waals surface area (Å²) in [5, 5.41) is 2.20. The van der Waals surface area contributed by atoms with E-state index in [-0.39, 0.29) is 31.1 Å². The van der Waals surface area contributed by atoms with Crippen LogP contribution in [0.1, 0.15) is 38.8 Å². The summed E-state index contributed by atoms with van der Waals surface area (Å²) in [4.78, 5) is 52.4. The zero-order chi connectivity index (χ0) is 27.5. The number of alkyl carbamates (subject to hydrolysis) is 1. The van der Waals surface area contributed by atoms with Crippen molar-refractivity contribution in [3.8, 4) is 0 Å². The molecule has 2 aliphatic rings. The lowest BCUT2D eigenvalue weighted by Gasteiger charge is -2.43. The molecule has 2 saturated heterocycles. The molecule has 0 spiro atoms. The third kappa shape index (κ3) is 5.96. The van der Waals surface area contributed by atoms with Crippen molar-refractivity contribution in [3.63, 3.8) is 0 Å². The molecule has 38 heavy (non-hydrogen) atoms. The van der Waals surface area contributed by atoms with E-state index in [1.165, 1.54) is 30.5 Å². The second kappa shape index (κ2) is 11.1. The fourth-order valence-electron chi connectivity index (χ4n) is 4.44. The maximum absolute atomic E-state index is 13.0. The summed E-state index contributed by atoms with van der Waals surface area (Å²) in [6, 6.07) is 17.8. The maximum Gasteiger partial charge on any atom is 0.408 e. The number of β-lactam (4-membered cyclic amide) rings is 1. The molecule has 0 radical (unpaired) electrons. The minimum Gasteiger partial charge on any atom is -0.463 e. The van der Waals surface area contributed by atoms with E-state index in [1.54, 1.807) is 0 Å². The van der Waals surface area contributed by atoms with Gasteiger partial charge in [-0.25, -0.2) is 14.4 Å². The number of hydrogen-bond donors (Lipinski definition) is 1. The van der Waals surface area contributed by atoms with Gasteiger partial charge in [-0.1, -0.05) is 60.7 Å². The van der Waals surface area contributed by atoms with E-state index < -0.39 is 40.3 Å². The number of amides is 2. The summed E-state index contributed by atoms with van der Waals surface area (Å²) in [5.41, 5.74) is 0.308. The van der Waals surface area contributed by atoms with Crippen molar-refractivity contribution in [3.05, 3.63) is 71.8 Å². The highest BCUT2D eigenvalue weighted by Crippen LogP contribution is 2.53. The Morgan fingerprint density at radius 3 is 2.05 bits per heavy atom. The molecule has 2 heterocycles. The molecule has 1 N–H and O–H groups in total. The van der Waals surface area contributed by atoms with Gasteiger partial charge >= 0.3 is 18.0 Å². The van der Waals surface area contributed by atoms with E-state index in [2.05, 4.69) is 5.32 Å². The van der Waals surface area contributed by atoms with Crippen LogP contribution in [0.25, 0.3) is 0 Å². The standard InChI is InChI=1S/C28H32N2O7S/c1-27(2,29-26(34)37-16-19-13-9-6-10-14-19)25(33)36-17-20-22(31)30-21(28(3,4)38-23(20)30)24(32)35-15-18-11-7-5-8-12-18/h5-14,20-21,23H,15-17H2,1-4H3,(H,29,34)/t20-,21+,23-/m1/s1. The van der Waals surface area contributed by atoms with E-state index in [9.17, 15) is 19.2 Å². The van der Waals surface area contributed by atoms with E-state index >= 15 is 0 Å². The van der Waals surface area contributed by atoms with Crippen LogP contribution in [0.4, 0.5) is 4.79 Å². The van der Waals surface area contributed by atoms with Crippen molar-refractivity contribution in [1.29, 1.82) is 0 Å². The molecule has 0 saturated carbocycles. The summed E-state index contributed by atoms with van der Waals surface area (Å²) in [6.45, 7) is 6.83. The highest BCUT2D eigenvalue weighted by Gasteiger charge is 2.64. The SMILES string of the molecule is CC(C)(NC(=O)OCc1ccccc1)C(=O)OC[C@@H]1C(=O)N2[C@@H]1SC(C)(C)[C@@H]2C(=O)OCc1ccccc1. The number of benzene rings is 2. The Balaban J connectivity index is 1.28. The first kappa shape index (κ1) is 27.5. The van der Waals surface area contributed by atoms with Crippen molar-refractivity contribution >= 4 is 35.7 Å². The van der Waals surface area contributed by atoms with E-state index in [0.29, 0.717) is 0 Å². The number of carbonyl (C=O) groups is 4. The molecule has 0 aliphatic carbocycles. The normalized spacial score (nSPS) is 21.6. The van der Waals surface area contributed by atoms with Crippen LogP contribution < -0.4 is 5.32 Å². The lowest BCUT2D eigenvalue weighted by Crippen LogP contribution is -2.64. The summed E-state index contributed by atoms with van der Waals surface area (Å²) in [7, 11) is 0. The Labute approximate surface area is 226 Å². The van der Waals surface area contributed by atoms with Crippen LogP contribution in [0.15, 0.2) is 60.7 Å². The fourth-order valence-corrected chi connectivity index (χ4v) is 6.10. The number of hydrogen-bond acceptors (Lipinski definition) is 8. The number of nitrogens with zero attached hydrogens (tertiary/aromatic N) is 1. The van der Waals surface area contributed by atoms with Crippen LogP contribution in [0.3, 0.4) is 0 Å². The van der Waals surface area contributed by atoms with Crippen molar-refractivity contribution in [2.24, 2.45) is 5.92 Å². The molecule has 2 amide bonds. The van der Waals surface area contributed by atoms with Gasteiger partial charge in [0.1, 0.15) is 37.3 Å². The van der Waals surface area contributed by atoms with Gasteiger partial charge in [-0.05, 0) is 38.8 Å². The average Bonchev–Trinajstić information content (AvgIpc) is 3.14. The Hall–Kier alpha value is -3.53. The summed E-state index contributed by atoms with van der Waals surface area (Å²) >= 11 is 1.49. The maximum atomic E-state index is 13.0. The average molecular weight is 541 g/mol. The number of carbonyl (C=O) groups excluding carboxylic acids is 4. The number of ether oxygens (including phenoxy) is 3. The van der Waals surface area contributed by atoms with Gasteiger partial charge in [-0.15, -0.1) is 11.8 Å². The fraction of sp³-hybridized carbons (Fsp3) is 0.429. The predicted molar refractivity (Wildman–Crippen MR) is 141 cm³/mol. The highest BCUT2D eigenvalue weighted by molar-refractivity contribution is 8.01. The Morgan fingerprint density at radius 1 is 0.921 bits per heavy atom. The first-order valence-electron chi connectivity index (χ1n) is 12.4. The van der Waals surface area contributed by atoms with Crippen molar-refractivity contribution in [2.75, 3.05) is 6.61 Å². The molecular weight excluding hydrogens is 508 g/mol. The molecular formula is C28H32N2O7S. The molecule has 2 aromatic rings. The van der Waals surface area contributed by atoms with Crippen LogP contribution in [-0.4, -0.2) is 57.1 Å². The van der Waals surface area contributed by atoms with Crippen LogP contribution in [-0.2, 0) is 41.8 Å². The van der Waals surface area contributed by atoms with Gasteiger partial charge in [0.15, 0.2) is 0 Å². The third-order valence-electron chi connectivity index (χ3n) is 6.53. The molecule has 9 nitrogen and oxygen atoms in total. The zero-order valence-electron chi connectivity index (χ0n) is 21.8. The number of thioether (sulfide) groups is 1. The first-order valence-corrected chi connectivity index (χ1v) is 13.2. The molecule has 2 fully saturated rings. The number of esters is 2. The topological polar surface area (TPSA) is 111 Å². The van der Waals surface area contributed by atoms with Crippen LogP contribution >= 0.6 is 11.8 Å². The van der Waals surface area contributed by atoms with Crippen LogP contribution in [0.2, 0.25) is 0 Å². The minimum atomic E-state index is -1.37.